The lowest BCUT2D eigenvalue weighted by atomic mass is 10.1. The largest absolute Gasteiger partial charge is 0.345 e. The van der Waals surface area contributed by atoms with Gasteiger partial charge in [-0.2, -0.15) is 0 Å². The number of piperazine rings is 1. The van der Waals surface area contributed by atoms with Crippen molar-refractivity contribution in [3.05, 3.63) is 34.3 Å². The van der Waals surface area contributed by atoms with E-state index in [1.807, 2.05) is 24.3 Å². The van der Waals surface area contributed by atoms with Gasteiger partial charge in [-0.15, -0.1) is 0 Å². The van der Waals surface area contributed by atoms with Crippen LogP contribution in [0, 0.1) is 0 Å². The normalized spacial score (nSPS) is 20.7. The third-order valence-electron chi connectivity index (χ3n) is 2.25. The first-order valence-corrected chi connectivity index (χ1v) is 5.30. The van der Waals surface area contributed by atoms with Gasteiger partial charge < -0.3 is 10.6 Å². The van der Waals surface area contributed by atoms with Crippen LogP contribution >= 0.6 is 15.9 Å². The second-order valence-electron chi connectivity index (χ2n) is 3.29. The van der Waals surface area contributed by atoms with Gasteiger partial charge in [0.1, 0.15) is 0 Å². The molecule has 0 saturated carbocycles. The molecule has 1 aliphatic rings. The van der Waals surface area contributed by atoms with E-state index in [0.29, 0.717) is 6.54 Å². The monoisotopic (exact) mass is 268 g/mol. The van der Waals surface area contributed by atoms with Crippen LogP contribution in [-0.4, -0.2) is 18.4 Å². The van der Waals surface area contributed by atoms with Crippen LogP contribution < -0.4 is 10.6 Å². The summed E-state index contributed by atoms with van der Waals surface area (Å²) in [4.78, 5) is 22.0. The minimum absolute atomic E-state index is 0.136. The van der Waals surface area contributed by atoms with Gasteiger partial charge in [-0.25, -0.2) is 0 Å². The van der Waals surface area contributed by atoms with Crippen molar-refractivity contribution in [1.82, 2.24) is 10.6 Å². The highest BCUT2D eigenvalue weighted by Gasteiger charge is 2.25. The van der Waals surface area contributed by atoms with Gasteiger partial charge in [0.25, 0.3) is 0 Å². The lowest BCUT2D eigenvalue weighted by molar-refractivity contribution is -0.141. The molecule has 0 aliphatic carbocycles. The number of hydrogen-bond donors (Lipinski definition) is 2. The molecule has 1 saturated heterocycles. The Labute approximate surface area is 95.2 Å². The van der Waals surface area contributed by atoms with Crippen molar-refractivity contribution in [3.63, 3.8) is 0 Å². The molecule has 0 aromatic heterocycles. The molecule has 1 unspecified atom stereocenters. The Morgan fingerprint density at radius 1 is 1.13 bits per heavy atom. The smallest absolute Gasteiger partial charge is 0.309 e. The minimum Gasteiger partial charge on any atom is -0.345 e. The summed E-state index contributed by atoms with van der Waals surface area (Å²) in [6.45, 7) is 0.437. The molecule has 5 heteroatoms. The number of amides is 2. The maximum atomic E-state index is 11.1. The lowest BCUT2D eigenvalue weighted by Gasteiger charge is -2.23. The molecule has 2 N–H and O–H groups in total. The van der Waals surface area contributed by atoms with Gasteiger partial charge in [0.05, 0.1) is 6.04 Å². The lowest BCUT2D eigenvalue weighted by Crippen LogP contribution is -2.51. The summed E-state index contributed by atoms with van der Waals surface area (Å²) in [7, 11) is 0. The van der Waals surface area contributed by atoms with Crippen LogP contribution in [0.15, 0.2) is 28.7 Å². The quantitative estimate of drug-likeness (QED) is 0.739. The number of carbonyl (C=O) groups excluding carboxylic acids is 2. The fourth-order valence-electron chi connectivity index (χ4n) is 1.45. The summed E-state index contributed by atoms with van der Waals surface area (Å²) in [5, 5.41) is 5.17. The van der Waals surface area contributed by atoms with Crippen molar-refractivity contribution < 1.29 is 9.59 Å². The highest BCUT2D eigenvalue weighted by molar-refractivity contribution is 9.10. The fourth-order valence-corrected chi connectivity index (χ4v) is 1.71. The number of rotatable bonds is 1. The molecule has 0 bridgehead atoms. The average Bonchev–Trinajstić information content (AvgIpc) is 2.23. The molecular weight excluding hydrogens is 260 g/mol. The first-order valence-electron chi connectivity index (χ1n) is 4.51. The molecule has 2 amide bonds. The van der Waals surface area contributed by atoms with E-state index in [1.54, 1.807) is 0 Å². The Morgan fingerprint density at radius 3 is 2.40 bits per heavy atom. The standard InChI is InChI=1S/C10H9BrN2O2/c11-7-3-1-6(2-4-7)8-5-12-9(14)10(15)13-8/h1-4,8H,5H2,(H,12,14)(H,13,15). The van der Waals surface area contributed by atoms with E-state index < -0.39 is 11.8 Å². The maximum Gasteiger partial charge on any atom is 0.309 e. The van der Waals surface area contributed by atoms with Gasteiger partial charge in [0.2, 0.25) is 0 Å². The highest BCUT2D eigenvalue weighted by Crippen LogP contribution is 2.17. The Hall–Kier alpha value is -1.36. The van der Waals surface area contributed by atoms with Crippen LogP contribution in [0.5, 0.6) is 0 Å². The summed E-state index contributed by atoms with van der Waals surface area (Å²) in [6, 6.07) is 7.48. The van der Waals surface area contributed by atoms with Crippen molar-refractivity contribution >= 4 is 27.7 Å². The van der Waals surface area contributed by atoms with Crippen molar-refractivity contribution in [1.29, 1.82) is 0 Å². The summed E-state index contributed by atoms with van der Waals surface area (Å²) in [5.41, 5.74) is 0.978. The van der Waals surface area contributed by atoms with Gasteiger partial charge in [0, 0.05) is 11.0 Å². The van der Waals surface area contributed by atoms with Crippen molar-refractivity contribution in [2.24, 2.45) is 0 Å². The molecular formula is C10H9BrN2O2. The summed E-state index contributed by atoms with van der Waals surface area (Å²) >= 11 is 3.33. The molecule has 4 nitrogen and oxygen atoms in total. The second-order valence-corrected chi connectivity index (χ2v) is 4.20. The van der Waals surface area contributed by atoms with Crippen LogP contribution in [0.3, 0.4) is 0 Å². The zero-order valence-corrected chi connectivity index (χ0v) is 9.37. The Balaban J connectivity index is 2.15. The van der Waals surface area contributed by atoms with E-state index in [-0.39, 0.29) is 6.04 Å². The number of nitrogens with one attached hydrogen (secondary N) is 2. The third-order valence-corrected chi connectivity index (χ3v) is 2.78. The average molecular weight is 269 g/mol. The number of carbonyl (C=O) groups is 2. The molecule has 1 atom stereocenters. The third kappa shape index (κ3) is 2.18. The molecule has 1 aromatic carbocycles. The van der Waals surface area contributed by atoms with Crippen LogP contribution in [-0.2, 0) is 9.59 Å². The van der Waals surface area contributed by atoms with Crippen LogP contribution in [0.4, 0.5) is 0 Å². The Morgan fingerprint density at radius 2 is 1.80 bits per heavy atom. The SMILES string of the molecule is O=C1NCC(c2ccc(Br)cc2)NC1=O. The molecule has 0 radical (unpaired) electrons. The molecule has 1 heterocycles. The molecule has 78 valence electrons. The first-order chi connectivity index (χ1) is 7.16. The highest BCUT2D eigenvalue weighted by atomic mass is 79.9. The summed E-state index contributed by atoms with van der Waals surface area (Å²) in [5.74, 6) is -1.14. The summed E-state index contributed by atoms with van der Waals surface area (Å²) < 4.78 is 0.984. The van der Waals surface area contributed by atoms with Crippen LogP contribution in [0.2, 0.25) is 0 Å². The zero-order chi connectivity index (χ0) is 10.8. The Bertz CT molecular complexity index is 402. The second kappa shape index (κ2) is 4.02. The first kappa shape index (κ1) is 10.2. The van der Waals surface area contributed by atoms with Crippen LogP contribution in [0.25, 0.3) is 0 Å². The maximum absolute atomic E-state index is 11.1. The van der Waals surface area contributed by atoms with E-state index in [0.717, 1.165) is 10.0 Å². The van der Waals surface area contributed by atoms with E-state index in [4.69, 9.17) is 0 Å². The molecule has 15 heavy (non-hydrogen) atoms. The van der Waals surface area contributed by atoms with Crippen molar-refractivity contribution in [3.8, 4) is 0 Å². The van der Waals surface area contributed by atoms with E-state index in [1.165, 1.54) is 0 Å². The number of halogens is 1. The van der Waals surface area contributed by atoms with Crippen molar-refractivity contribution in [2.75, 3.05) is 6.54 Å². The predicted octanol–water partition coefficient (Wildman–Crippen LogP) is 0.736. The number of hydrogen-bond acceptors (Lipinski definition) is 2. The van der Waals surface area contributed by atoms with Gasteiger partial charge in [0.15, 0.2) is 0 Å². The van der Waals surface area contributed by atoms with Crippen molar-refractivity contribution in [2.45, 2.75) is 6.04 Å². The van der Waals surface area contributed by atoms with Gasteiger partial charge >= 0.3 is 11.8 Å². The predicted molar refractivity (Wildman–Crippen MR) is 58.0 cm³/mol. The van der Waals surface area contributed by atoms with E-state index in [9.17, 15) is 9.59 Å². The minimum atomic E-state index is -0.575. The summed E-state index contributed by atoms with van der Waals surface area (Å²) in [6.07, 6.45) is 0. The van der Waals surface area contributed by atoms with Crippen LogP contribution in [0.1, 0.15) is 11.6 Å². The van der Waals surface area contributed by atoms with Gasteiger partial charge in [-0.3, -0.25) is 9.59 Å². The molecule has 2 rings (SSSR count). The number of benzene rings is 1. The van der Waals surface area contributed by atoms with E-state index >= 15 is 0 Å². The molecule has 1 aromatic rings. The molecule has 1 fully saturated rings. The topological polar surface area (TPSA) is 58.2 Å². The van der Waals surface area contributed by atoms with Gasteiger partial charge in [-0.1, -0.05) is 28.1 Å². The molecule has 1 aliphatic heterocycles. The Kier molecular flexibility index (Phi) is 2.73. The van der Waals surface area contributed by atoms with Gasteiger partial charge in [-0.05, 0) is 17.7 Å². The molecule has 0 spiro atoms. The van der Waals surface area contributed by atoms with E-state index in [2.05, 4.69) is 26.6 Å². The fraction of sp³-hybridized carbons (Fsp3) is 0.200. The zero-order valence-electron chi connectivity index (χ0n) is 7.79.